The van der Waals surface area contributed by atoms with Crippen LogP contribution >= 0.6 is 0 Å². The number of esters is 1. The Balaban J connectivity index is 1.79. The number of likely N-dealkylation sites (tertiary alicyclic amines) is 1. The van der Waals surface area contributed by atoms with Crippen molar-refractivity contribution in [2.24, 2.45) is 5.92 Å². The quantitative estimate of drug-likeness (QED) is 0.769. The van der Waals surface area contributed by atoms with E-state index >= 15 is 0 Å². The number of nitrogens with zero attached hydrogens (tertiary/aromatic N) is 3. The standard InChI is InChI=1S/C20H25N3O4/c1-4-22-11-16(18(25)15-8-7-14(3)21-19(15)22)20(26)27-12-17(24)23-9-5-6-13(2)10-23/h7-8,11,13H,4-6,9-10,12H2,1-3H3. The second-order valence-electron chi connectivity index (χ2n) is 7.15. The van der Waals surface area contributed by atoms with Crippen LogP contribution in [0.25, 0.3) is 11.0 Å². The number of fused-ring (bicyclic) bond motifs is 1. The van der Waals surface area contributed by atoms with Gasteiger partial charge in [-0.1, -0.05) is 6.92 Å². The maximum atomic E-state index is 12.7. The maximum absolute atomic E-state index is 12.7. The molecule has 1 aliphatic rings. The molecule has 1 aliphatic heterocycles. The molecule has 2 aromatic heterocycles. The van der Waals surface area contributed by atoms with E-state index in [1.807, 2.05) is 13.8 Å². The summed E-state index contributed by atoms with van der Waals surface area (Å²) in [5.74, 6) is -0.543. The van der Waals surface area contributed by atoms with Gasteiger partial charge in [0.25, 0.3) is 5.91 Å². The summed E-state index contributed by atoms with van der Waals surface area (Å²) in [5.41, 5.74) is 0.833. The highest BCUT2D eigenvalue weighted by atomic mass is 16.5. The van der Waals surface area contributed by atoms with E-state index in [9.17, 15) is 14.4 Å². The van der Waals surface area contributed by atoms with Crippen LogP contribution in [0, 0.1) is 12.8 Å². The van der Waals surface area contributed by atoms with Crippen LogP contribution in [0.1, 0.15) is 42.7 Å². The Hall–Kier alpha value is -2.70. The molecule has 1 atom stereocenters. The Morgan fingerprint density at radius 1 is 1.33 bits per heavy atom. The van der Waals surface area contributed by atoms with E-state index in [0.29, 0.717) is 36.6 Å². The molecule has 144 valence electrons. The zero-order valence-corrected chi connectivity index (χ0v) is 16.0. The number of aryl methyl sites for hydroxylation is 2. The van der Waals surface area contributed by atoms with Gasteiger partial charge in [0.15, 0.2) is 6.61 Å². The van der Waals surface area contributed by atoms with Crippen LogP contribution in [-0.2, 0) is 16.1 Å². The van der Waals surface area contributed by atoms with Crippen molar-refractivity contribution in [1.29, 1.82) is 0 Å². The summed E-state index contributed by atoms with van der Waals surface area (Å²) in [4.78, 5) is 43.6. The lowest BCUT2D eigenvalue weighted by atomic mass is 10.0. The van der Waals surface area contributed by atoms with Crippen molar-refractivity contribution in [2.75, 3.05) is 19.7 Å². The number of rotatable bonds is 4. The number of aromatic nitrogens is 2. The van der Waals surface area contributed by atoms with E-state index in [4.69, 9.17) is 4.74 Å². The van der Waals surface area contributed by atoms with Crippen LogP contribution in [0.15, 0.2) is 23.1 Å². The molecule has 1 fully saturated rings. The monoisotopic (exact) mass is 371 g/mol. The van der Waals surface area contributed by atoms with Crippen molar-refractivity contribution in [2.45, 2.75) is 40.2 Å². The average molecular weight is 371 g/mol. The molecule has 1 amide bonds. The van der Waals surface area contributed by atoms with Crippen LogP contribution in [0.2, 0.25) is 0 Å². The summed E-state index contributed by atoms with van der Waals surface area (Å²) in [6, 6.07) is 3.41. The second-order valence-corrected chi connectivity index (χ2v) is 7.15. The van der Waals surface area contributed by atoms with Gasteiger partial charge in [-0.15, -0.1) is 0 Å². The van der Waals surface area contributed by atoms with Gasteiger partial charge in [0.05, 0.1) is 5.39 Å². The fraction of sp³-hybridized carbons (Fsp3) is 0.500. The first-order valence-corrected chi connectivity index (χ1v) is 9.36. The molecule has 0 aromatic carbocycles. The number of pyridine rings is 2. The zero-order chi connectivity index (χ0) is 19.6. The fourth-order valence-electron chi connectivity index (χ4n) is 3.46. The van der Waals surface area contributed by atoms with Crippen LogP contribution < -0.4 is 5.43 Å². The fourth-order valence-corrected chi connectivity index (χ4v) is 3.46. The normalized spacial score (nSPS) is 17.1. The zero-order valence-electron chi connectivity index (χ0n) is 16.0. The van der Waals surface area contributed by atoms with E-state index < -0.39 is 11.4 Å². The first-order chi connectivity index (χ1) is 12.9. The number of amides is 1. The summed E-state index contributed by atoms with van der Waals surface area (Å²) in [6.45, 7) is 7.43. The van der Waals surface area contributed by atoms with Gasteiger partial charge in [-0.3, -0.25) is 9.59 Å². The van der Waals surface area contributed by atoms with Gasteiger partial charge in [-0.2, -0.15) is 0 Å². The summed E-state index contributed by atoms with van der Waals surface area (Å²) >= 11 is 0. The van der Waals surface area contributed by atoms with E-state index in [-0.39, 0.29) is 18.1 Å². The number of carbonyl (C=O) groups is 2. The molecule has 27 heavy (non-hydrogen) atoms. The summed E-state index contributed by atoms with van der Waals surface area (Å²) < 4.78 is 6.91. The molecule has 0 saturated carbocycles. The third-order valence-electron chi connectivity index (χ3n) is 4.96. The van der Waals surface area contributed by atoms with Gasteiger partial charge >= 0.3 is 5.97 Å². The van der Waals surface area contributed by atoms with Gasteiger partial charge in [-0.25, -0.2) is 9.78 Å². The van der Waals surface area contributed by atoms with Crippen molar-refractivity contribution in [3.8, 4) is 0 Å². The lowest BCUT2D eigenvalue weighted by Crippen LogP contribution is -2.41. The third kappa shape index (κ3) is 4.02. The van der Waals surface area contributed by atoms with Gasteiger partial charge in [0, 0.05) is 31.5 Å². The number of piperidine rings is 1. The topological polar surface area (TPSA) is 81.5 Å². The van der Waals surface area contributed by atoms with E-state index in [1.54, 1.807) is 21.6 Å². The molecule has 3 heterocycles. The Morgan fingerprint density at radius 2 is 2.11 bits per heavy atom. The lowest BCUT2D eigenvalue weighted by molar-refractivity contribution is -0.136. The molecule has 7 nitrogen and oxygen atoms in total. The predicted octanol–water partition coefficient (Wildman–Crippen LogP) is 2.14. The van der Waals surface area contributed by atoms with Crippen molar-refractivity contribution in [3.63, 3.8) is 0 Å². The van der Waals surface area contributed by atoms with E-state index in [0.717, 1.165) is 18.5 Å². The Bertz CT molecular complexity index is 935. The molecule has 0 spiro atoms. The van der Waals surface area contributed by atoms with Crippen LogP contribution in [0.5, 0.6) is 0 Å². The molecular formula is C20H25N3O4. The largest absolute Gasteiger partial charge is 0.452 e. The molecule has 1 saturated heterocycles. The third-order valence-corrected chi connectivity index (χ3v) is 4.96. The highest BCUT2D eigenvalue weighted by molar-refractivity contribution is 5.94. The first-order valence-electron chi connectivity index (χ1n) is 9.36. The predicted molar refractivity (Wildman–Crippen MR) is 102 cm³/mol. The Kier molecular flexibility index (Phi) is 5.58. The highest BCUT2D eigenvalue weighted by Gasteiger charge is 2.23. The molecule has 7 heteroatoms. The molecule has 0 radical (unpaired) electrons. The molecule has 0 bridgehead atoms. The number of carbonyl (C=O) groups excluding carboxylic acids is 2. The Labute approximate surface area is 157 Å². The van der Waals surface area contributed by atoms with Crippen molar-refractivity contribution in [3.05, 3.63) is 39.8 Å². The van der Waals surface area contributed by atoms with Gasteiger partial charge in [0.1, 0.15) is 11.2 Å². The SMILES string of the molecule is CCn1cc(C(=O)OCC(=O)N2CCCC(C)C2)c(=O)c2ccc(C)nc21. The summed E-state index contributed by atoms with van der Waals surface area (Å²) in [5, 5.41) is 0.369. The minimum Gasteiger partial charge on any atom is -0.452 e. The number of hydrogen-bond donors (Lipinski definition) is 0. The Morgan fingerprint density at radius 3 is 2.81 bits per heavy atom. The summed E-state index contributed by atoms with van der Waals surface area (Å²) in [6.07, 6.45) is 3.52. The molecular weight excluding hydrogens is 346 g/mol. The minimum atomic E-state index is -0.775. The maximum Gasteiger partial charge on any atom is 0.344 e. The average Bonchev–Trinajstić information content (AvgIpc) is 2.66. The molecule has 1 unspecified atom stereocenters. The minimum absolute atomic E-state index is 0.0742. The lowest BCUT2D eigenvalue weighted by Gasteiger charge is -2.30. The molecule has 0 N–H and O–H groups in total. The number of ether oxygens (including phenoxy) is 1. The van der Waals surface area contributed by atoms with Crippen LogP contribution in [0.4, 0.5) is 0 Å². The van der Waals surface area contributed by atoms with Crippen LogP contribution in [-0.4, -0.2) is 46.0 Å². The van der Waals surface area contributed by atoms with E-state index in [1.165, 1.54) is 6.20 Å². The molecule has 3 rings (SSSR count). The smallest absolute Gasteiger partial charge is 0.344 e. The van der Waals surface area contributed by atoms with Crippen molar-refractivity contribution in [1.82, 2.24) is 14.5 Å². The number of hydrogen-bond acceptors (Lipinski definition) is 5. The van der Waals surface area contributed by atoms with Gasteiger partial charge < -0.3 is 14.2 Å². The molecule has 0 aliphatic carbocycles. The van der Waals surface area contributed by atoms with Gasteiger partial charge in [0.2, 0.25) is 5.43 Å². The molecule has 2 aromatic rings. The highest BCUT2D eigenvalue weighted by Crippen LogP contribution is 2.16. The summed E-state index contributed by atoms with van der Waals surface area (Å²) in [7, 11) is 0. The van der Waals surface area contributed by atoms with E-state index in [2.05, 4.69) is 11.9 Å². The van der Waals surface area contributed by atoms with Gasteiger partial charge in [-0.05, 0) is 44.7 Å². The van der Waals surface area contributed by atoms with Crippen molar-refractivity contribution < 1.29 is 14.3 Å². The first kappa shape index (κ1) is 19.1. The second kappa shape index (κ2) is 7.90. The van der Waals surface area contributed by atoms with Crippen LogP contribution in [0.3, 0.4) is 0 Å². The van der Waals surface area contributed by atoms with Crippen molar-refractivity contribution >= 4 is 22.9 Å².